The molecule has 2 rings (SSSR count). The van der Waals surface area contributed by atoms with Crippen LogP contribution in [0.1, 0.15) is 10.4 Å². The number of carbonyl (C=O) groups is 3. The summed E-state index contributed by atoms with van der Waals surface area (Å²) in [7, 11) is 1.39. The summed E-state index contributed by atoms with van der Waals surface area (Å²) in [5, 5.41) is 0.328. The molecular formula is C15H15ClN2O7. The lowest BCUT2D eigenvalue weighted by Gasteiger charge is -2.14. The Bertz CT molecular complexity index is 705. The van der Waals surface area contributed by atoms with Gasteiger partial charge in [-0.1, -0.05) is 11.6 Å². The van der Waals surface area contributed by atoms with Crippen LogP contribution in [0.4, 0.5) is 0 Å². The maximum absolute atomic E-state index is 12.0. The van der Waals surface area contributed by atoms with Crippen LogP contribution >= 0.6 is 11.6 Å². The molecule has 0 aromatic heterocycles. The summed E-state index contributed by atoms with van der Waals surface area (Å²) >= 11 is 5.83. The van der Waals surface area contributed by atoms with Crippen LogP contribution in [-0.2, 0) is 23.8 Å². The van der Waals surface area contributed by atoms with Gasteiger partial charge in [-0.05, 0) is 18.2 Å². The molecule has 0 unspecified atom stereocenters. The van der Waals surface area contributed by atoms with E-state index in [2.05, 4.69) is 10.9 Å². The smallest absolute Gasteiger partial charge is 0.377 e. The number of nitrogens with one attached hydrogen (secondary N) is 2. The van der Waals surface area contributed by atoms with Crippen molar-refractivity contribution in [1.82, 2.24) is 10.9 Å². The van der Waals surface area contributed by atoms with Gasteiger partial charge < -0.3 is 18.9 Å². The maximum atomic E-state index is 12.0. The number of methoxy groups -OCH3 is 1. The summed E-state index contributed by atoms with van der Waals surface area (Å²) in [5.41, 5.74) is 4.40. The number of hydrogen-bond acceptors (Lipinski definition) is 7. The van der Waals surface area contributed by atoms with Crippen molar-refractivity contribution in [2.45, 2.75) is 0 Å². The Kier molecular flexibility index (Phi) is 6.47. The Labute approximate surface area is 147 Å². The first-order valence-electron chi connectivity index (χ1n) is 7.05. The molecule has 0 fully saturated rings. The van der Waals surface area contributed by atoms with E-state index < -0.39 is 24.4 Å². The normalized spacial score (nSPS) is 12.8. The summed E-state index contributed by atoms with van der Waals surface area (Å²) in [6, 6.07) is 4.45. The summed E-state index contributed by atoms with van der Waals surface area (Å²) < 4.78 is 19.7. The number of halogens is 1. The summed E-state index contributed by atoms with van der Waals surface area (Å²) in [5.74, 6) is -2.10. The van der Waals surface area contributed by atoms with Crippen molar-refractivity contribution in [2.75, 3.05) is 26.9 Å². The zero-order valence-electron chi connectivity index (χ0n) is 13.2. The van der Waals surface area contributed by atoms with E-state index in [-0.39, 0.29) is 23.7 Å². The molecule has 0 spiro atoms. The third kappa shape index (κ3) is 5.28. The number of esters is 1. The predicted molar refractivity (Wildman–Crippen MR) is 84.6 cm³/mol. The Morgan fingerprint density at radius 2 is 2.04 bits per heavy atom. The van der Waals surface area contributed by atoms with Crippen molar-refractivity contribution in [3.63, 3.8) is 0 Å². The highest BCUT2D eigenvalue weighted by Gasteiger charge is 2.18. The van der Waals surface area contributed by atoms with Gasteiger partial charge in [0.15, 0.2) is 6.61 Å². The average molecular weight is 371 g/mol. The van der Waals surface area contributed by atoms with E-state index in [4.69, 9.17) is 30.5 Å². The molecule has 2 amide bonds. The first-order chi connectivity index (χ1) is 12.0. The van der Waals surface area contributed by atoms with Gasteiger partial charge in [-0.3, -0.25) is 20.4 Å². The molecule has 0 saturated carbocycles. The van der Waals surface area contributed by atoms with Crippen LogP contribution in [0.15, 0.2) is 30.2 Å². The molecule has 10 heteroatoms. The summed E-state index contributed by atoms with van der Waals surface area (Å²) in [4.78, 5) is 35.3. The Balaban J connectivity index is 1.81. The number of benzene rings is 1. The quantitative estimate of drug-likeness (QED) is 0.574. The average Bonchev–Trinajstić information content (AvgIpc) is 2.64. The van der Waals surface area contributed by atoms with Crippen molar-refractivity contribution < 1.29 is 33.3 Å². The van der Waals surface area contributed by atoms with E-state index in [0.717, 1.165) is 6.26 Å². The molecule has 9 nitrogen and oxygen atoms in total. The van der Waals surface area contributed by atoms with E-state index in [9.17, 15) is 14.4 Å². The molecule has 0 saturated heterocycles. The number of hydrogen-bond donors (Lipinski definition) is 2. The number of ether oxygens (including phenoxy) is 4. The molecule has 0 bridgehead atoms. The fourth-order valence-corrected chi connectivity index (χ4v) is 1.94. The van der Waals surface area contributed by atoms with Gasteiger partial charge in [0.1, 0.15) is 25.2 Å². The molecule has 134 valence electrons. The highest BCUT2D eigenvalue weighted by molar-refractivity contribution is 6.31. The molecule has 0 aliphatic carbocycles. The van der Waals surface area contributed by atoms with Crippen LogP contribution in [0.3, 0.4) is 0 Å². The SMILES string of the molecule is COc1ccc(Cl)cc1C(=O)NNC(=O)COC(=O)C1=COCCO1. The molecule has 0 atom stereocenters. The minimum atomic E-state index is -0.849. The molecule has 1 aliphatic heterocycles. The van der Waals surface area contributed by atoms with Gasteiger partial charge in [0.25, 0.3) is 11.8 Å². The Morgan fingerprint density at radius 3 is 2.72 bits per heavy atom. The topological polar surface area (TPSA) is 112 Å². The number of rotatable bonds is 5. The predicted octanol–water partition coefficient (Wildman–Crippen LogP) is 0.541. The van der Waals surface area contributed by atoms with Crippen molar-refractivity contribution in [1.29, 1.82) is 0 Å². The minimum Gasteiger partial charge on any atom is -0.496 e. The van der Waals surface area contributed by atoms with E-state index >= 15 is 0 Å². The molecule has 2 N–H and O–H groups in total. The standard InChI is InChI=1S/C15H15ClN2O7/c1-22-11-3-2-9(16)6-10(11)14(20)18-17-13(19)8-25-15(21)12-7-23-4-5-24-12/h2-3,6-7H,4-5,8H2,1H3,(H,17,19)(H,18,20). The first-order valence-corrected chi connectivity index (χ1v) is 7.43. The van der Waals surface area contributed by atoms with Crippen LogP contribution in [-0.4, -0.2) is 44.7 Å². The maximum Gasteiger partial charge on any atom is 0.377 e. The lowest BCUT2D eigenvalue weighted by atomic mass is 10.2. The van der Waals surface area contributed by atoms with Crippen molar-refractivity contribution >= 4 is 29.4 Å². The third-order valence-electron chi connectivity index (χ3n) is 2.91. The molecule has 1 aliphatic rings. The molecule has 0 radical (unpaired) electrons. The molecule has 1 aromatic carbocycles. The van der Waals surface area contributed by atoms with Gasteiger partial charge in [-0.15, -0.1) is 0 Å². The fraction of sp³-hybridized carbons (Fsp3) is 0.267. The second kappa shape index (κ2) is 8.78. The van der Waals surface area contributed by atoms with Crippen LogP contribution in [0, 0.1) is 0 Å². The molecular weight excluding hydrogens is 356 g/mol. The van der Waals surface area contributed by atoms with Gasteiger partial charge in [0.05, 0.1) is 12.7 Å². The monoisotopic (exact) mass is 370 g/mol. The largest absolute Gasteiger partial charge is 0.496 e. The fourth-order valence-electron chi connectivity index (χ4n) is 1.77. The zero-order valence-corrected chi connectivity index (χ0v) is 13.9. The molecule has 1 heterocycles. The van der Waals surface area contributed by atoms with E-state index in [1.807, 2.05) is 0 Å². The summed E-state index contributed by atoms with van der Waals surface area (Å²) in [6.45, 7) is -0.0760. The molecule has 1 aromatic rings. The zero-order chi connectivity index (χ0) is 18.2. The second-order valence-electron chi connectivity index (χ2n) is 4.62. The highest BCUT2D eigenvalue weighted by atomic mass is 35.5. The van der Waals surface area contributed by atoms with E-state index in [0.29, 0.717) is 11.6 Å². The van der Waals surface area contributed by atoms with E-state index in [1.165, 1.54) is 19.2 Å². The van der Waals surface area contributed by atoms with Crippen molar-refractivity contribution in [2.24, 2.45) is 0 Å². The minimum absolute atomic E-state index is 0.130. The van der Waals surface area contributed by atoms with Crippen LogP contribution in [0.25, 0.3) is 0 Å². The number of amides is 2. The van der Waals surface area contributed by atoms with Gasteiger partial charge in [-0.25, -0.2) is 4.79 Å². The number of carbonyl (C=O) groups excluding carboxylic acids is 3. The Morgan fingerprint density at radius 1 is 1.24 bits per heavy atom. The van der Waals surface area contributed by atoms with Crippen LogP contribution < -0.4 is 15.6 Å². The third-order valence-corrected chi connectivity index (χ3v) is 3.14. The van der Waals surface area contributed by atoms with Crippen molar-refractivity contribution in [3.8, 4) is 5.75 Å². The van der Waals surface area contributed by atoms with Gasteiger partial charge in [-0.2, -0.15) is 0 Å². The molecule has 25 heavy (non-hydrogen) atoms. The van der Waals surface area contributed by atoms with E-state index in [1.54, 1.807) is 6.07 Å². The van der Waals surface area contributed by atoms with Crippen LogP contribution in [0.5, 0.6) is 5.75 Å². The second-order valence-corrected chi connectivity index (χ2v) is 5.06. The van der Waals surface area contributed by atoms with Gasteiger partial charge >= 0.3 is 5.97 Å². The summed E-state index contributed by atoms with van der Waals surface area (Å²) in [6.07, 6.45) is 1.11. The Hall–Kier alpha value is -2.94. The first kappa shape index (κ1) is 18.4. The lowest BCUT2D eigenvalue weighted by molar-refractivity contribution is -0.149. The van der Waals surface area contributed by atoms with Crippen molar-refractivity contribution in [3.05, 3.63) is 40.8 Å². The number of hydrazine groups is 1. The van der Waals surface area contributed by atoms with Crippen LogP contribution in [0.2, 0.25) is 5.02 Å². The van der Waals surface area contributed by atoms with Gasteiger partial charge in [0.2, 0.25) is 5.76 Å². The highest BCUT2D eigenvalue weighted by Crippen LogP contribution is 2.22. The lowest BCUT2D eigenvalue weighted by Crippen LogP contribution is -2.43. The van der Waals surface area contributed by atoms with Gasteiger partial charge in [0, 0.05) is 5.02 Å².